The zero-order valence-corrected chi connectivity index (χ0v) is 30.8. The number of hydrogen-bond acceptors (Lipinski definition) is 4. The maximum absolute atomic E-state index is 2.42. The van der Waals surface area contributed by atoms with Crippen LogP contribution in [0.15, 0.2) is 194 Å². The summed E-state index contributed by atoms with van der Waals surface area (Å²) in [7, 11) is 0. The number of thiophene rings is 2. The summed E-state index contributed by atoms with van der Waals surface area (Å²) in [4.78, 5) is 4.67. The molecule has 0 saturated carbocycles. The highest BCUT2D eigenvalue weighted by Gasteiger charge is 2.18. The number of benzene rings is 9. The van der Waals surface area contributed by atoms with E-state index in [-0.39, 0.29) is 0 Å². The SMILES string of the molecule is c1ccc(N(c2ccccc2)c2ccc3cc4c(cc3c2)sc2ccc3sc5cc6cc(N(c7ccccc7)c7ccccc7)ccc6cc5c3c24)cc1. The molecule has 11 aromatic rings. The van der Waals surface area contributed by atoms with Crippen molar-refractivity contribution >= 4 is 119 Å². The Kier molecular flexibility index (Phi) is 7.25. The van der Waals surface area contributed by atoms with Crippen LogP contribution in [0.3, 0.4) is 0 Å². The lowest BCUT2D eigenvalue weighted by Crippen LogP contribution is -2.09. The summed E-state index contributed by atoms with van der Waals surface area (Å²) in [5.74, 6) is 0. The summed E-state index contributed by atoms with van der Waals surface area (Å²) in [5.41, 5.74) is 6.88. The molecule has 0 radical (unpaired) electrons. The molecule has 0 fully saturated rings. The van der Waals surface area contributed by atoms with Crippen LogP contribution < -0.4 is 9.80 Å². The number of anilines is 6. The van der Waals surface area contributed by atoms with E-state index >= 15 is 0 Å². The minimum Gasteiger partial charge on any atom is -0.310 e. The number of nitrogens with zero attached hydrogens (tertiary/aromatic N) is 2. The largest absolute Gasteiger partial charge is 0.310 e. The lowest BCUT2D eigenvalue weighted by molar-refractivity contribution is 1.29. The van der Waals surface area contributed by atoms with Gasteiger partial charge in [-0.1, -0.05) is 84.9 Å². The van der Waals surface area contributed by atoms with Gasteiger partial charge >= 0.3 is 0 Å². The van der Waals surface area contributed by atoms with Gasteiger partial charge in [-0.2, -0.15) is 0 Å². The van der Waals surface area contributed by atoms with E-state index in [1.807, 2.05) is 22.7 Å². The fourth-order valence-electron chi connectivity index (χ4n) is 8.08. The lowest BCUT2D eigenvalue weighted by atomic mass is 10.0. The molecule has 0 bridgehead atoms. The van der Waals surface area contributed by atoms with Crippen molar-refractivity contribution in [1.82, 2.24) is 0 Å². The smallest absolute Gasteiger partial charge is 0.0468 e. The molecule has 0 unspecified atom stereocenters. The Morgan fingerprint density at radius 3 is 0.963 bits per heavy atom. The summed E-state index contributed by atoms with van der Waals surface area (Å²) in [6.45, 7) is 0. The first kappa shape index (κ1) is 31.1. The van der Waals surface area contributed by atoms with Gasteiger partial charge in [0.25, 0.3) is 0 Å². The molecule has 0 atom stereocenters. The van der Waals surface area contributed by atoms with Crippen molar-refractivity contribution in [3.05, 3.63) is 194 Å². The second-order valence-corrected chi connectivity index (χ2v) is 16.0. The van der Waals surface area contributed by atoms with E-state index in [9.17, 15) is 0 Å². The molecule has 2 heterocycles. The summed E-state index contributed by atoms with van der Waals surface area (Å²) in [6, 6.07) is 70.6. The van der Waals surface area contributed by atoms with E-state index in [1.54, 1.807) is 0 Å². The van der Waals surface area contributed by atoms with E-state index in [2.05, 4.69) is 204 Å². The number of rotatable bonds is 6. The molecule has 0 amide bonds. The average molecular weight is 725 g/mol. The highest BCUT2D eigenvalue weighted by atomic mass is 32.1. The molecule has 0 aliphatic carbocycles. The van der Waals surface area contributed by atoms with Gasteiger partial charge in [-0.05, 0) is 131 Å². The van der Waals surface area contributed by atoms with E-state index in [0.29, 0.717) is 0 Å². The molecule has 4 heteroatoms. The van der Waals surface area contributed by atoms with Crippen LogP contribution in [0.5, 0.6) is 0 Å². The molecular weight excluding hydrogens is 693 g/mol. The van der Waals surface area contributed by atoms with Gasteiger partial charge in [-0.25, -0.2) is 0 Å². The third kappa shape index (κ3) is 5.14. The van der Waals surface area contributed by atoms with Crippen molar-refractivity contribution < 1.29 is 0 Å². The Morgan fingerprint density at radius 1 is 0.259 bits per heavy atom. The van der Waals surface area contributed by atoms with Gasteiger partial charge in [-0.15, -0.1) is 22.7 Å². The Labute approximate surface area is 321 Å². The van der Waals surface area contributed by atoms with Crippen LogP contribution in [-0.4, -0.2) is 0 Å². The Hall–Kier alpha value is -6.46. The summed E-state index contributed by atoms with van der Waals surface area (Å²) < 4.78 is 5.30. The molecule has 11 rings (SSSR count). The molecule has 0 saturated heterocycles. The molecule has 0 aliphatic heterocycles. The van der Waals surface area contributed by atoms with Crippen LogP contribution in [0.2, 0.25) is 0 Å². The van der Waals surface area contributed by atoms with Gasteiger partial charge in [0.15, 0.2) is 0 Å². The van der Waals surface area contributed by atoms with E-state index in [4.69, 9.17) is 0 Å². The fraction of sp³-hybridized carbons (Fsp3) is 0. The van der Waals surface area contributed by atoms with Gasteiger partial charge in [0.2, 0.25) is 0 Å². The summed E-state index contributed by atoms with van der Waals surface area (Å²) >= 11 is 3.80. The van der Waals surface area contributed by atoms with Gasteiger partial charge in [-0.3, -0.25) is 0 Å². The van der Waals surface area contributed by atoms with Crippen molar-refractivity contribution in [3.63, 3.8) is 0 Å². The maximum atomic E-state index is 2.42. The van der Waals surface area contributed by atoms with Gasteiger partial charge in [0.05, 0.1) is 0 Å². The first-order chi connectivity index (χ1) is 26.7. The first-order valence-corrected chi connectivity index (χ1v) is 19.9. The van der Waals surface area contributed by atoms with Crippen LogP contribution in [-0.2, 0) is 0 Å². The van der Waals surface area contributed by atoms with Crippen LogP contribution in [0.25, 0.3) is 61.9 Å². The third-order valence-corrected chi connectivity index (χ3v) is 12.8. The number of para-hydroxylation sites is 4. The zero-order chi connectivity index (χ0) is 35.6. The summed E-state index contributed by atoms with van der Waals surface area (Å²) in [5, 5.41) is 10.4. The standard InChI is InChI=1S/C50H32N2S2/c1-5-13-37(14-6-1)51(38-15-7-2-8-16-38)41-23-21-33-29-43-47(31-35(33)27-41)53-45-25-26-46-50(49(43)45)44-30-34-22-24-42(28-36(34)32-48(44)54-46)52(39-17-9-3-10-18-39)40-19-11-4-12-20-40/h1-32H. The molecular formula is C50H32N2S2. The number of hydrogen-bond donors (Lipinski definition) is 0. The van der Waals surface area contributed by atoms with Crippen molar-refractivity contribution in [2.45, 2.75) is 0 Å². The highest BCUT2D eigenvalue weighted by molar-refractivity contribution is 7.28. The van der Waals surface area contributed by atoms with Crippen LogP contribution in [0.1, 0.15) is 0 Å². The van der Waals surface area contributed by atoms with E-state index in [0.717, 1.165) is 34.1 Å². The van der Waals surface area contributed by atoms with Crippen LogP contribution in [0, 0.1) is 0 Å². The minimum atomic E-state index is 1.14. The molecule has 0 spiro atoms. The monoisotopic (exact) mass is 724 g/mol. The predicted molar refractivity (Wildman–Crippen MR) is 237 cm³/mol. The predicted octanol–water partition coefficient (Wildman–Crippen LogP) is 15.7. The highest BCUT2D eigenvalue weighted by Crippen LogP contribution is 2.47. The Bertz CT molecular complexity index is 2860. The van der Waals surface area contributed by atoms with Crippen LogP contribution in [0.4, 0.5) is 34.1 Å². The molecule has 9 aromatic carbocycles. The van der Waals surface area contributed by atoms with Gasteiger partial charge in [0.1, 0.15) is 0 Å². The molecule has 2 aromatic heterocycles. The summed E-state index contributed by atoms with van der Waals surface area (Å²) in [6.07, 6.45) is 0. The maximum Gasteiger partial charge on any atom is 0.0468 e. The van der Waals surface area contributed by atoms with E-state index < -0.39 is 0 Å². The Morgan fingerprint density at radius 2 is 0.611 bits per heavy atom. The van der Waals surface area contributed by atoms with Gasteiger partial charge in [0, 0.05) is 74.5 Å². The second-order valence-electron chi connectivity index (χ2n) is 13.8. The molecule has 54 heavy (non-hydrogen) atoms. The van der Waals surface area contributed by atoms with Crippen molar-refractivity contribution in [1.29, 1.82) is 0 Å². The topological polar surface area (TPSA) is 6.48 Å². The normalized spacial score (nSPS) is 11.7. The Balaban J connectivity index is 1.05. The molecule has 254 valence electrons. The first-order valence-electron chi connectivity index (χ1n) is 18.2. The van der Waals surface area contributed by atoms with Crippen LogP contribution >= 0.6 is 22.7 Å². The molecule has 0 N–H and O–H groups in total. The fourth-order valence-corrected chi connectivity index (χ4v) is 10.4. The quantitative estimate of drug-likeness (QED) is 0.168. The average Bonchev–Trinajstić information content (AvgIpc) is 3.77. The minimum absolute atomic E-state index is 1.14. The zero-order valence-electron chi connectivity index (χ0n) is 29.2. The lowest BCUT2D eigenvalue weighted by Gasteiger charge is -2.25. The molecule has 2 nitrogen and oxygen atoms in total. The van der Waals surface area contributed by atoms with Crippen molar-refractivity contribution in [3.8, 4) is 0 Å². The van der Waals surface area contributed by atoms with Crippen molar-refractivity contribution in [2.75, 3.05) is 9.80 Å². The van der Waals surface area contributed by atoms with Crippen molar-refractivity contribution in [2.24, 2.45) is 0 Å². The second kappa shape index (κ2) is 12.6. The van der Waals surface area contributed by atoms with E-state index in [1.165, 1.54) is 61.9 Å². The van der Waals surface area contributed by atoms with Gasteiger partial charge < -0.3 is 9.80 Å². The third-order valence-electron chi connectivity index (χ3n) is 10.5. The number of fused-ring (bicyclic) bond motifs is 9. The molecule has 0 aliphatic rings.